The van der Waals surface area contributed by atoms with Gasteiger partial charge >= 0.3 is 0 Å². The van der Waals surface area contributed by atoms with Gasteiger partial charge in [0.2, 0.25) is 0 Å². The molecule has 0 unspecified atom stereocenters. The molecule has 0 atom stereocenters. The van der Waals surface area contributed by atoms with Gasteiger partial charge in [0.25, 0.3) is 0 Å². The first-order valence-electron chi connectivity index (χ1n) is 6.83. The summed E-state index contributed by atoms with van der Waals surface area (Å²) >= 11 is 6.04. The highest BCUT2D eigenvalue weighted by molar-refractivity contribution is 6.16. The van der Waals surface area contributed by atoms with Gasteiger partial charge in [-0.15, -0.1) is 21.8 Å². The van der Waals surface area contributed by atoms with Crippen molar-refractivity contribution in [3.8, 4) is 17.1 Å². The van der Waals surface area contributed by atoms with Gasteiger partial charge in [-0.3, -0.25) is 4.57 Å². The molecule has 0 saturated heterocycles. The Hall–Kier alpha value is -2.13. The van der Waals surface area contributed by atoms with Crippen molar-refractivity contribution >= 4 is 11.6 Å². The molecule has 3 rings (SSSR count). The molecule has 4 heteroatoms. The third-order valence-electron chi connectivity index (χ3n) is 3.35. The van der Waals surface area contributed by atoms with Crippen LogP contribution >= 0.6 is 11.6 Å². The van der Waals surface area contributed by atoms with Gasteiger partial charge in [-0.1, -0.05) is 36.4 Å². The van der Waals surface area contributed by atoms with E-state index in [-0.39, 0.29) is 0 Å². The molecule has 0 aliphatic heterocycles. The third-order valence-corrected chi connectivity index (χ3v) is 3.59. The Morgan fingerprint density at radius 3 is 2.24 bits per heavy atom. The van der Waals surface area contributed by atoms with E-state index in [4.69, 9.17) is 11.6 Å². The first-order valence-corrected chi connectivity index (χ1v) is 7.37. The highest BCUT2D eigenvalue weighted by Gasteiger charge is 2.15. The molecule has 2 aromatic carbocycles. The first kappa shape index (κ1) is 13.8. The summed E-state index contributed by atoms with van der Waals surface area (Å²) in [5.74, 6) is 1.89. The van der Waals surface area contributed by atoms with Gasteiger partial charge in [0.1, 0.15) is 0 Å². The van der Waals surface area contributed by atoms with Crippen molar-refractivity contribution in [2.75, 3.05) is 0 Å². The normalized spacial score (nSPS) is 10.8. The number of benzene rings is 2. The molecule has 1 heterocycles. The molecular weight excluding hydrogens is 282 g/mol. The number of alkyl halides is 1. The quantitative estimate of drug-likeness (QED) is 0.675. The maximum atomic E-state index is 6.04. The van der Waals surface area contributed by atoms with E-state index in [2.05, 4.69) is 42.2 Å². The Bertz CT molecular complexity index is 743. The number of hydrogen-bond acceptors (Lipinski definition) is 2. The lowest BCUT2D eigenvalue weighted by Gasteiger charge is -2.11. The largest absolute Gasteiger partial charge is 0.278 e. The van der Waals surface area contributed by atoms with Crippen LogP contribution < -0.4 is 0 Å². The van der Waals surface area contributed by atoms with E-state index in [0.717, 1.165) is 22.9 Å². The van der Waals surface area contributed by atoms with Gasteiger partial charge in [-0.25, -0.2) is 0 Å². The fraction of sp³-hybridized carbons (Fsp3) is 0.176. The van der Waals surface area contributed by atoms with Crippen LogP contribution in [0.4, 0.5) is 0 Å². The van der Waals surface area contributed by atoms with Crippen LogP contribution in [0, 0.1) is 13.8 Å². The van der Waals surface area contributed by atoms with Crippen LogP contribution in [-0.2, 0) is 5.88 Å². The molecule has 0 radical (unpaired) electrons. The Labute approximate surface area is 129 Å². The molecule has 0 spiro atoms. The number of rotatable bonds is 3. The van der Waals surface area contributed by atoms with Crippen molar-refractivity contribution in [3.05, 3.63) is 65.5 Å². The minimum Gasteiger partial charge on any atom is -0.278 e. The van der Waals surface area contributed by atoms with E-state index in [1.54, 1.807) is 0 Å². The zero-order chi connectivity index (χ0) is 14.8. The Morgan fingerprint density at radius 2 is 1.62 bits per heavy atom. The van der Waals surface area contributed by atoms with Crippen LogP contribution in [0.3, 0.4) is 0 Å². The topological polar surface area (TPSA) is 30.7 Å². The van der Waals surface area contributed by atoms with Crippen molar-refractivity contribution in [1.29, 1.82) is 0 Å². The summed E-state index contributed by atoms with van der Waals surface area (Å²) in [7, 11) is 0. The van der Waals surface area contributed by atoms with Crippen molar-refractivity contribution < 1.29 is 0 Å². The van der Waals surface area contributed by atoms with Crippen LogP contribution in [0.5, 0.6) is 0 Å². The molecule has 1 aromatic heterocycles. The maximum absolute atomic E-state index is 6.04. The smallest absolute Gasteiger partial charge is 0.168 e. The second kappa shape index (κ2) is 5.70. The average Bonchev–Trinajstić information content (AvgIpc) is 2.91. The van der Waals surface area contributed by atoms with E-state index < -0.39 is 0 Å². The van der Waals surface area contributed by atoms with Gasteiger partial charge in [0.15, 0.2) is 11.6 Å². The molecule has 21 heavy (non-hydrogen) atoms. The van der Waals surface area contributed by atoms with Crippen LogP contribution in [-0.4, -0.2) is 14.8 Å². The maximum Gasteiger partial charge on any atom is 0.168 e. The molecular formula is C17H16ClN3. The molecule has 0 fully saturated rings. The summed E-state index contributed by atoms with van der Waals surface area (Å²) in [6.45, 7) is 4.17. The van der Waals surface area contributed by atoms with Crippen molar-refractivity contribution in [2.24, 2.45) is 0 Å². The summed E-state index contributed by atoms with van der Waals surface area (Å²) in [6, 6.07) is 16.4. The van der Waals surface area contributed by atoms with Crippen LogP contribution in [0.1, 0.15) is 17.0 Å². The Balaban J connectivity index is 2.23. The fourth-order valence-corrected chi connectivity index (χ4v) is 2.70. The molecule has 0 amide bonds. The number of aromatic nitrogens is 3. The molecule has 0 bridgehead atoms. The monoisotopic (exact) mass is 297 g/mol. The summed E-state index contributed by atoms with van der Waals surface area (Å²) in [4.78, 5) is 0. The van der Waals surface area contributed by atoms with Crippen LogP contribution in [0.25, 0.3) is 17.1 Å². The van der Waals surface area contributed by atoms with Crippen molar-refractivity contribution in [2.45, 2.75) is 19.7 Å². The SMILES string of the molecule is Cc1cc(C)cc(-n2c(CCl)nnc2-c2ccccc2)c1. The van der Waals surface area contributed by atoms with Gasteiger partial charge in [-0.2, -0.15) is 0 Å². The Morgan fingerprint density at radius 1 is 0.952 bits per heavy atom. The molecule has 3 aromatic rings. The van der Waals surface area contributed by atoms with E-state index in [1.807, 2.05) is 34.9 Å². The number of hydrogen-bond donors (Lipinski definition) is 0. The summed E-state index contributed by atoms with van der Waals surface area (Å²) in [6.07, 6.45) is 0. The lowest BCUT2D eigenvalue weighted by Crippen LogP contribution is -2.02. The third kappa shape index (κ3) is 2.69. The van der Waals surface area contributed by atoms with Crippen molar-refractivity contribution in [1.82, 2.24) is 14.8 Å². The van der Waals surface area contributed by atoms with Crippen molar-refractivity contribution in [3.63, 3.8) is 0 Å². The van der Waals surface area contributed by atoms with E-state index in [0.29, 0.717) is 5.88 Å². The number of aryl methyl sites for hydroxylation is 2. The summed E-state index contributed by atoms with van der Waals surface area (Å²) < 4.78 is 2.03. The highest BCUT2D eigenvalue weighted by Crippen LogP contribution is 2.24. The second-order valence-electron chi connectivity index (χ2n) is 5.12. The lowest BCUT2D eigenvalue weighted by molar-refractivity contribution is 0.950. The molecule has 0 aliphatic rings. The number of halogens is 1. The van der Waals surface area contributed by atoms with Gasteiger partial charge < -0.3 is 0 Å². The molecule has 106 valence electrons. The van der Waals surface area contributed by atoms with Crippen LogP contribution in [0.2, 0.25) is 0 Å². The second-order valence-corrected chi connectivity index (χ2v) is 5.39. The lowest BCUT2D eigenvalue weighted by atomic mass is 10.1. The van der Waals surface area contributed by atoms with Gasteiger partial charge in [0.05, 0.1) is 5.88 Å². The Kier molecular flexibility index (Phi) is 3.76. The predicted octanol–water partition coefficient (Wildman–Crippen LogP) is 4.29. The highest BCUT2D eigenvalue weighted by atomic mass is 35.5. The zero-order valence-electron chi connectivity index (χ0n) is 12.0. The summed E-state index contributed by atoms with van der Waals surface area (Å²) in [5, 5.41) is 8.55. The van der Waals surface area contributed by atoms with Gasteiger partial charge in [-0.05, 0) is 37.1 Å². The first-order chi connectivity index (χ1) is 10.2. The minimum absolute atomic E-state index is 0.326. The molecule has 3 nitrogen and oxygen atoms in total. The van der Waals surface area contributed by atoms with E-state index in [1.165, 1.54) is 11.1 Å². The van der Waals surface area contributed by atoms with Gasteiger partial charge in [0, 0.05) is 11.3 Å². The minimum atomic E-state index is 0.326. The number of nitrogens with zero attached hydrogens (tertiary/aromatic N) is 3. The fourth-order valence-electron chi connectivity index (χ4n) is 2.53. The van der Waals surface area contributed by atoms with Crippen LogP contribution in [0.15, 0.2) is 48.5 Å². The van der Waals surface area contributed by atoms with E-state index in [9.17, 15) is 0 Å². The summed E-state index contributed by atoms with van der Waals surface area (Å²) in [5.41, 5.74) is 4.49. The van der Waals surface area contributed by atoms with E-state index >= 15 is 0 Å². The molecule has 0 aliphatic carbocycles. The standard InChI is InChI=1S/C17H16ClN3/c1-12-8-13(2)10-15(9-12)21-16(11-18)19-20-17(21)14-6-4-3-5-7-14/h3-10H,11H2,1-2H3. The predicted molar refractivity (Wildman–Crippen MR) is 85.8 cm³/mol. The average molecular weight is 298 g/mol. The molecule has 0 saturated carbocycles. The zero-order valence-corrected chi connectivity index (χ0v) is 12.8. The molecule has 0 N–H and O–H groups in total.